The van der Waals surface area contributed by atoms with Crippen LogP contribution in [0.3, 0.4) is 0 Å². The fourth-order valence-corrected chi connectivity index (χ4v) is 3.60. The fourth-order valence-electron chi connectivity index (χ4n) is 3.60. The summed E-state index contributed by atoms with van der Waals surface area (Å²) in [6, 6.07) is 8.77. The first kappa shape index (κ1) is 14.5. The van der Waals surface area contributed by atoms with Crippen molar-refractivity contribution in [3.63, 3.8) is 0 Å². The van der Waals surface area contributed by atoms with Crippen molar-refractivity contribution < 1.29 is 4.42 Å². The van der Waals surface area contributed by atoms with E-state index in [2.05, 4.69) is 28.3 Å². The number of aromatic nitrogens is 3. The number of hydrogen-bond acceptors (Lipinski definition) is 4. The van der Waals surface area contributed by atoms with E-state index in [1.54, 1.807) is 0 Å². The molecule has 120 valence electrons. The zero-order valence-electron chi connectivity index (χ0n) is 13.9. The van der Waals surface area contributed by atoms with Crippen molar-refractivity contribution in [1.29, 1.82) is 0 Å². The average molecular weight is 310 g/mol. The first-order chi connectivity index (χ1) is 11.1. The van der Waals surface area contributed by atoms with Crippen molar-refractivity contribution in [2.45, 2.75) is 45.7 Å². The van der Waals surface area contributed by atoms with E-state index in [1.165, 1.54) is 6.42 Å². The van der Waals surface area contributed by atoms with Crippen LogP contribution in [0.5, 0.6) is 0 Å². The van der Waals surface area contributed by atoms with Gasteiger partial charge in [-0.2, -0.15) is 0 Å². The number of furan rings is 1. The highest BCUT2D eigenvalue weighted by Crippen LogP contribution is 2.36. The van der Waals surface area contributed by atoms with E-state index in [1.807, 2.05) is 37.4 Å². The lowest BCUT2D eigenvalue weighted by atomic mass is 10.2. The third-order valence-electron chi connectivity index (χ3n) is 4.64. The molecule has 4 rings (SSSR count). The first-order valence-corrected chi connectivity index (χ1v) is 8.31. The Morgan fingerprint density at radius 1 is 1.26 bits per heavy atom. The van der Waals surface area contributed by atoms with E-state index >= 15 is 0 Å². The van der Waals surface area contributed by atoms with Gasteiger partial charge in [0.05, 0.1) is 6.04 Å². The van der Waals surface area contributed by atoms with Crippen LogP contribution in [0.15, 0.2) is 34.9 Å². The summed E-state index contributed by atoms with van der Waals surface area (Å²) in [6.07, 6.45) is 4.15. The number of imidazole rings is 1. The molecule has 1 fully saturated rings. The Morgan fingerprint density at radius 2 is 2.13 bits per heavy atom. The summed E-state index contributed by atoms with van der Waals surface area (Å²) in [4.78, 5) is 12.0. The molecule has 0 aliphatic carbocycles. The third-order valence-corrected chi connectivity index (χ3v) is 4.64. The Labute approximate surface area is 135 Å². The maximum absolute atomic E-state index is 5.90. The predicted molar refractivity (Wildman–Crippen MR) is 89.7 cm³/mol. The molecule has 3 aromatic heterocycles. The summed E-state index contributed by atoms with van der Waals surface area (Å²) in [5.74, 6) is 2.74. The highest BCUT2D eigenvalue weighted by molar-refractivity contribution is 5.73. The Balaban J connectivity index is 1.92. The lowest BCUT2D eigenvalue weighted by Gasteiger charge is -2.27. The molecule has 0 amide bonds. The Kier molecular flexibility index (Phi) is 3.45. The second-order valence-corrected chi connectivity index (χ2v) is 6.53. The van der Waals surface area contributed by atoms with Gasteiger partial charge in [-0.25, -0.2) is 14.5 Å². The maximum Gasteiger partial charge on any atom is 0.206 e. The van der Waals surface area contributed by atoms with Gasteiger partial charge in [0.25, 0.3) is 0 Å². The molecule has 1 aliphatic rings. The van der Waals surface area contributed by atoms with Crippen LogP contribution in [0.4, 0.5) is 0 Å². The Morgan fingerprint density at radius 3 is 2.87 bits per heavy atom. The lowest BCUT2D eigenvalue weighted by molar-refractivity contribution is 0.197. The minimum absolute atomic E-state index is 0.314. The molecule has 23 heavy (non-hydrogen) atoms. The van der Waals surface area contributed by atoms with Crippen molar-refractivity contribution >= 4 is 11.2 Å². The van der Waals surface area contributed by atoms with E-state index in [0.717, 1.165) is 41.6 Å². The molecule has 1 aliphatic heterocycles. The zero-order valence-corrected chi connectivity index (χ0v) is 13.9. The monoisotopic (exact) mass is 310 g/mol. The molecule has 0 aromatic carbocycles. The minimum Gasteiger partial charge on any atom is -0.445 e. The second kappa shape index (κ2) is 5.49. The molecule has 0 radical (unpaired) electrons. The van der Waals surface area contributed by atoms with Crippen LogP contribution in [-0.4, -0.2) is 32.0 Å². The summed E-state index contributed by atoms with van der Waals surface area (Å²) in [6.45, 7) is 7.59. The topological polar surface area (TPSA) is 47.1 Å². The van der Waals surface area contributed by atoms with Gasteiger partial charge in [-0.3, -0.25) is 4.90 Å². The molecule has 5 heteroatoms. The molecule has 1 saturated heterocycles. The molecule has 0 spiro atoms. The molecule has 5 nitrogen and oxygen atoms in total. The van der Waals surface area contributed by atoms with Crippen molar-refractivity contribution in [3.05, 3.63) is 42.0 Å². The Bertz CT molecular complexity index is 833. The molecular formula is C18H22N4O. The summed E-state index contributed by atoms with van der Waals surface area (Å²) in [5.41, 5.74) is 1.79. The summed E-state index contributed by atoms with van der Waals surface area (Å²) >= 11 is 0. The molecular weight excluding hydrogens is 288 g/mol. The largest absolute Gasteiger partial charge is 0.445 e. The van der Waals surface area contributed by atoms with Gasteiger partial charge >= 0.3 is 0 Å². The molecule has 1 atom stereocenters. The highest BCUT2D eigenvalue weighted by atomic mass is 16.4. The first-order valence-electron chi connectivity index (χ1n) is 8.31. The van der Waals surface area contributed by atoms with Gasteiger partial charge in [-0.05, 0) is 58.4 Å². The van der Waals surface area contributed by atoms with Crippen LogP contribution in [0, 0.1) is 6.92 Å². The number of pyridine rings is 1. The minimum atomic E-state index is 0.314. The lowest BCUT2D eigenvalue weighted by Crippen LogP contribution is -2.31. The van der Waals surface area contributed by atoms with Gasteiger partial charge in [-0.1, -0.05) is 0 Å². The van der Waals surface area contributed by atoms with Crippen molar-refractivity contribution in [2.75, 3.05) is 6.54 Å². The van der Waals surface area contributed by atoms with Gasteiger partial charge < -0.3 is 4.42 Å². The number of rotatable bonds is 3. The maximum atomic E-state index is 5.90. The molecule has 0 saturated carbocycles. The average Bonchev–Trinajstić information content (AvgIpc) is 3.23. The number of likely N-dealkylation sites (tertiary alicyclic amines) is 1. The number of nitrogens with zero attached hydrogens (tertiary/aromatic N) is 4. The van der Waals surface area contributed by atoms with Crippen LogP contribution in [0.2, 0.25) is 0 Å². The van der Waals surface area contributed by atoms with Crippen molar-refractivity contribution in [1.82, 2.24) is 19.4 Å². The van der Waals surface area contributed by atoms with Gasteiger partial charge in [0.2, 0.25) is 5.88 Å². The van der Waals surface area contributed by atoms with Gasteiger partial charge in [0, 0.05) is 18.3 Å². The van der Waals surface area contributed by atoms with E-state index in [0.29, 0.717) is 12.1 Å². The predicted octanol–water partition coefficient (Wildman–Crippen LogP) is 3.87. The molecule has 1 unspecified atom stereocenters. The van der Waals surface area contributed by atoms with Gasteiger partial charge in [-0.15, -0.1) is 0 Å². The summed E-state index contributed by atoms with van der Waals surface area (Å²) in [5, 5.41) is 0. The van der Waals surface area contributed by atoms with Crippen LogP contribution in [0.25, 0.3) is 17.0 Å². The summed E-state index contributed by atoms with van der Waals surface area (Å²) in [7, 11) is 0. The normalized spacial score (nSPS) is 19.2. The quantitative estimate of drug-likeness (QED) is 0.737. The summed E-state index contributed by atoms with van der Waals surface area (Å²) < 4.78 is 7.99. The van der Waals surface area contributed by atoms with E-state index < -0.39 is 0 Å². The Hall–Kier alpha value is -2.14. The number of fused-ring (bicyclic) bond motifs is 1. The molecule has 0 N–H and O–H groups in total. The van der Waals surface area contributed by atoms with E-state index in [-0.39, 0.29) is 0 Å². The smallest absolute Gasteiger partial charge is 0.206 e. The van der Waals surface area contributed by atoms with E-state index in [4.69, 9.17) is 9.40 Å². The fraction of sp³-hybridized carbons (Fsp3) is 0.444. The van der Waals surface area contributed by atoms with Gasteiger partial charge in [0.15, 0.2) is 5.65 Å². The van der Waals surface area contributed by atoms with Crippen molar-refractivity contribution in [3.8, 4) is 5.88 Å². The highest BCUT2D eigenvalue weighted by Gasteiger charge is 2.33. The number of aryl methyl sites for hydroxylation is 1. The van der Waals surface area contributed by atoms with Crippen LogP contribution >= 0.6 is 0 Å². The van der Waals surface area contributed by atoms with E-state index in [9.17, 15) is 0 Å². The van der Waals surface area contributed by atoms with Crippen molar-refractivity contribution in [2.24, 2.45) is 0 Å². The van der Waals surface area contributed by atoms with Crippen LogP contribution in [0.1, 0.15) is 44.3 Å². The van der Waals surface area contributed by atoms with Crippen LogP contribution < -0.4 is 0 Å². The molecule has 4 heterocycles. The van der Waals surface area contributed by atoms with Gasteiger partial charge in [0.1, 0.15) is 17.1 Å². The molecule has 3 aromatic rings. The standard InChI is InChI=1S/C18H22N4O/c1-12(2)21-11-5-7-15(21)18-20-14-6-4-10-19-17(14)22(18)16-9-8-13(3)23-16/h4,6,8-10,12,15H,5,7,11H2,1-3H3. The second-order valence-electron chi connectivity index (χ2n) is 6.53. The van der Waals surface area contributed by atoms with Crippen LogP contribution in [-0.2, 0) is 0 Å². The molecule has 0 bridgehead atoms. The zero-order chi connectivity index (χ0) is 16.0. The number of hydrogen-bond donors (Lipinski definition) is 0. The third kappa shape index (κ3) is 2.36. The SMILES string of the molecule is Cc1ccc(-n2c(C3CCCN3C(C)C)nc3cccnc32)o1.